The topological polar surface area (TPSA) is 70.2 Å². The molecule has 0 aliphatic carbocycles. The summed E-state index contributed by atoms with van der Waals surface area (Å²) in [6.45, 7) is 5.07. The van der Waals surface area contributed by atoms with Gasteiger partial charge in [-0.3, -0.25) is 10.1 Å². The second-order valence-corrected chi connectivity index (χ2v) is 4.46. The summed E-state index contributed by atoms with van der Waals surface area (Å²) in [5.74, 6) is 0.511. The second kappa shape index (κ2) is 6.01. The van der Waals surface area contributed by atoms with Crippen LogP contribution in [-0.4, -0.2) is 18.5 Å². The normalized spacial score (nSPS) is 11.7. The Balaban J connectivity index is 3.03. The van der Waals surface area contributed by atoms with Gasteiger partial charge in [0.05, 0.1) is 16.2 Å². The van der Waals surface area contributed by atoms with Gasteiger partial charge in [0.25, 0.3) is 5.69 Å². The third-order valence-corrected chi connectivity index (χ3v) is 3.01. The zero-order valence-electron chi connectivity index (χ0n) is 10.9. The van der Waals surface area contributed by atoms with Crippen molar-refractivity contribution in [1.82, 2.24) is 0 Å². The average Bonchev–Trinajstić information content (AvgIpc) is 2.37. The Morgan fingerprint density at radius 3 is 2.72 bits per heavy atom. The first kappa shape index (κ1) is 14.0. The molecule has 0 fully saturated rings. The molecule has 5 heteroatoms. The average molecular weight is 247 g/mol. The van der Waals surface area contributed by atoms with Gasteiger partial charge in [-0.25, -0.2) is 0 Å². The number of non-ortho nitro benzene ring substituents is 1. The van der Waals surface area contributed by atoms with Crippen LogP contribution >= 0.6 is 0 Å². The summed E-state index contributed by atoms with van der Waals surface area (Å²) in [5.41, 5.74) is 1.03. The van der Waals surface area contributed by atoms with E-state index in [0.717, 1.165) is 18.7 Å². The number of anilines is 1. The van der Waals surface area contributed by atoms with Gasteiger partial charge in [0.2, 0.25) is 0 Å². The smallest absolute Gasteiger partial charge is 0.270 e. The summed E-state index contributed by atoms with van der Waals surface area (Å²) in [7, 11) is 1.90. The molecule has 1 unspecified atom stereocenters. The predicted molar refractivity (Wildman–Crippen MR) is 70.5 cm³/mol. The standard InChI is InChI=1S/C13H17N3O2/c1-4-10(2)9-15(3)13-6-5-12(16(17)18)7-11(13)8-14/h5-7,10H,4,9H2,1-3H3. The highest BCUT2D eigenvalue weighted by Crippen LogP contribution is 2.24. The Bertz CT molecular complexity index is 480. The molecule has 1 rings (SSSR count). The Hall–Kier alpha value is -2.09. The lowest BCUT2D eigenvalue weighted by molar-refractivity contribution is -0.384. The van der Waals surface area contributed by atoms with Crippen LogP contribution < -0.4 is 4.90 Å². The van der Waals surface area contributed by atoms with Gasteiger partial charge in [-0.05, 0) is 12.0 Å². The van der Waals surface area contributed by atoms with Gasteiger partial charge in [0.1, 0.15) is 6.07 Å². The van der Waals surface area contributed by atoms with Crippen molar-refractivity contribution in [3.63, 3.8) is 0 Å². The number of benzene rings is 1. The lowest BCUT2D eigenvalue weighted by Gasteiger charge is -2.23. The van der Waals surface area contributed by atoms with Crippen molar-refractivity contribution < 1.29 is 4.92 Å². The molecular weight excluding hydrogens is 230 g/mol. The highest BCUT2D eigenvalue weighted by atomic mass is 16.6. The van der Waals surface area contributed by atoms with E-state index in [1.807, 2.05) is 18.0 Å². The van der Waals surface area contributed by atoms with Crippen LogP contribution in [0.2, 0.25) is 0 Å². The van der Waals surface area contributed by atoms with Crippen LogP contribution in [0.25, 0.3) is 0 Å². The van der Waals surface area contributed by atoms with Crippen LogP contribution in [-0.2, 0) is 0 Å². The number of nitriles is 1. The fraction of sp³-hybridized carbons (Fsp3) is 0.462. The van der Waals surface area contributed by atoms with E-state index in [4.69, 9.17) is 5.26 Å². The first-order valence-electron chi connectivity index (χ1n) is 5.89. The minimum Gasteiger partial charge on any atom is -0.373 e. The largest absolute Gasteiger partial charge is 0.373 e. The molecule has 96 valence electrons. The van der Waals surface area contributed by atoms with Gasteiger partial charge in [-0.1, -0.05) is 20.3 Å². The number of nitrogens with zero attached hydrogens (tertiary/aromatic N) is 3. The minimum atomic E-state index is -0.487. The zero-order chi connectivity index (χ0) is 13.7. The van der Waals surface area contributed by atoms with E-state index >= 15 is 0 Å². The summed E-state index contributed by atoms with van der Waals surface area (Å²) < 4.78 is 0. The molecular formula is C13H17N3O2. The van der Waals surface area contributed by atoms with E-state index in [-0.39, 0.29) is 5.69 Å². The molecule has 18 heavy (non-hydrogen) atoms. The minimum absolute atomic E-state index is 0.0489. The molecule has 1 aromatic rings. The van der Waals surface area contributed by atoms with Crippen LogP contribution in [0.15, 0.2) is 18.2 Å². The van der Waals surface area contributed by atoms with Gasteiger partial charge in [0, 0.05) is 25.7 Å². The third-order valence-electron chi connectivity index (χ3n) is 3.01. The molecule has 0 saturated carbocycles. The molecule has 0 spiro atoms. The van der Waals surface area contributed by atoms with Crippen molar-refractivity contribution in [3.05, 3.63) is 33.9 Å². The maximum absolute atomic E-state index is 10.7. The van der Waals surface area contributed by atoms with E-state index in [0.29, 0.717) is 11.5 Å². The summed E-state index contributed by atoms with van der Waals surface area (Å²) in [6.07, 6.45) is 1.05. The lowest BCUT2D eigenvalue weighted by Crippen LogP contribution is -2.24. The van der Waals surface area contributed by atoms with E-state index in [9.17, 15) is 10.1 Å². The summed E-state index contributed by atoms with van der Waals surface area (Å²) >= 11 is 0. The molecule has 0 N–H and O–H groups in total. The number of rotatable bonds is 5. The van der Waals surface area contributed by atoms with Gasteiger partial charge in [-0.15, -0.1) is 0 Å². The Morgan fingerprint density at radius 1 is 1.56 bits per heavy atom. The Morgan fingerprint density at radius 2 is 2.22 bits per heavy atom. The van der Waals surface area contributed by atoms with Crippen molar-refractivity contribution in [2.45, 2.75) is 20.3 Å². The number of nitro groups is 1. The first-order chi connectivity index (χ1) is 8.49. The molecule has 0 amide bonds. The fourth-order valence-corrected chi connectivity index (χ4v) is 1.75. The lowest BCUT2D eigenvalue weighted by atomic mass is 10.1. The second-order valence-electron chi connectivity index (χ2n) is 4.46. The van der Waals surface area contributed by atoms with E-state index in [2.05, 4.69) is 13.8 Å². The molecule has 0 heterocycles. The molecule has 0 radical (unpaired) electrons. The van der Waals surface area contributed by atoms with Crippen molar-refractivity contribution >= 4 is 11.4 Å². The monoisotopic (exact) mass is 247 g/mol. The van der Waals surface area contributed by atoms with Crippen LogP contribution in [0.5, 0.6) is 0 Å². The fourth-order valence-electron chi connectivity index (χ4n) is 1.75. The van der Waals surface area contributed by atoms with Crippen LogP contribution in [0.1, 0.15) is 25.8 Å². The molecule has 0 aliphatic rings. The van der Waals surface area contributed by atoms with Crippen molar-refractivity contribution in [2.75, 3.05) is 18.5 Å². The molecule has 0 aliphatic heterocycles. The molecule has 0 bridgehead atoms. The maximum atomic E-state index is 10.7. The predicted octanol–water partition coefficient (Wildman–Crippen LogP) is 2.95. The summed E-state index contributed by atoms with van der Waals surface area (Å²) in [5, 5.41) is 19.7. The quantitative estimate of drug-likeness (QED) is 0.592. The zero-order valence-corrected chi connectivity index (χ0v) is 10.9. The molecule has 1 atom stereocenters. The Kier molecular flexibility index (Phi) is 4.67. The first-order valence-corrected chi connectivity index (χ1v) is 5.89. The van der Waals surface area contributed by atoms with Gasteiger partial charge in [-0.2, -0.15) is 5.26 Å². The van der Waals surface area contributed by atoms with E-state index < -0.39 is 4.92 Å². The number of hydrogen-bond donors (Lipinski definition) is 0. The van der Waals surface area contributed by atoms with Crippen LogP contribution in [0.3, 0.4) is 0 Å². The molecule has 0 saturated heterocycles. The van der Waals surface area contributed by atoms with Gasteiger partial charge < -0.3 is 4.90 Å². The van der Waals surface area contributed by atoms with Gasteiger partial charge in [0.15, 0.2) is 0 Å². The number of nitro benzene ring substituents is 1. The van der Waals surface area contributed by atoms with Crippen molar-refractivity contribution in [1.29, 1.82) is 5.26 Å². The van der Waals surface area contributed by atoms with Crippen LogP contribution in [0.4, 0.5) is 11.4 Å². The highest BCUT2D eigenvalue weighted by Gasteiger charge is 2.14. The molecule has 5 nitrogen and oxygen atoms in total. The van der Waals surface area contributed by atoms with Gasteiger partial charge >= 0.3 is 0 Å². The summed E-state index contributed by atoms with van der Waals surface area (Å²) in [4.78, 5) is 12.1. The van der Waals surface area contributed by atoms with Crippen molar-refractivity contribution in [3.8, 4) is 6.07 Å². The Labute approximate surface area is 107 Å². The SMILES string of the molecule is CCC(C)CN(C)c1ccc([N+](=O)[O-])cc1C#N. The van der Waals surface area contributed by atoms with Crippen molar-refractivity contribution in [2.24, 2.45) is 5.92 Å². The molecule has 1 aromatic carbocycles. The maximum Gasteiger partial charge on any atom is 0.270 e. The van der Waals surface area contributed by atoms with E-state index in [1.165, 1.54) is 12.1 Å². The third kappa shape index (κ3) is 3.20. The highest BCUT2D eigenvalue weighted by molar-refractivity contribution is 5.62. The molecule has 0 aromatic heterocycles. The van der Waals surface area contributed by atoms with E-state index in [1.54, 1.807) is 6.07 Å². The van der Waals surface area contributed by atoms with Crippen LogP contribution in [0, 0.1) is 27.4 Å². The number of hydrogen-bond acceptors (Lipinski definition) is 4. The summed E-state index contributed by atoms with van der Waals surface area (Å²) in [6, 6.07) is 6.41.